The van der Waals surface area contributed by atoms with Crippen LogP contribution in [0.1, 0.15) is 176 Å². The zero-order valence-corrected chi connectivity index (χ0v) is 44.4. The molecule has 0 nitrogen and oxygen atoms in total. The fourth-order valence-electron chi connectivity index (χ4n) is 11.9. The van der Waals surface area contributed by atoms with Crippen molar-refractivity contribution >= 4 is 27.0 Å². The van der Waals surface area contributed by atoms with Crippen LogP contribution in [0.4, 0.5) is 0 Å². The molecule has 0 N–H and O–H groups in total. The molecule has 10 rings (SSSR count). The SMILES string of the molecule is CCC[Si](C)=[Zr+2].[Cl-].[Cl-].c1cc(-c2ccc(C3CCCCC3)cc2)c2cc(CC3CCCCC3)[cH-]c2c1.c1cc(-c2ccc(C3CCCCC3)cc2)c2cc(CC3CCCCC3)[cH-]c2c1. The van der Waals surface area contributed by atoms with Gasteiger partial charge in [0.1, 0.15) is 0 Å². The van der Waals surface area contributed by atoms with Gasteiger partial charge < -0.3 is 24.8 Å². The fourth-order valence-corrected chi connectivity index (χ4v) is 14.5. The Morgan fingerprint density at radius 2 is 0.844 bits per heavy atom. The Labute approximate surface area is 416 Å². The summed E-state index contributed by atoms with van der Waals surface area (Å²) < 4.78 is 0. The van der Waals surface area contributed by atoms with Crippen molar-refractivity contribution in [3.05, 3.63) is 131 Å². The maximum absolute atomic E-state index is 2.48. The smallest absolute Gasteiger partial charge is 0.0162 e. The van der Waals surface area contributed by atoms with Gasteiger partial charge in [0, 0.05) is 0 Å². The first-order chi connectivity index (χ1) is 30.5. The van der Waals surface area contributed by atoms with Crippen LogP contribution in [-0.2, 0) is 36.2 Å². The van der Waals surface area contributed by atoms with E-state index < -0.39 is 0 Å². The first-order valence-electron chi connectivity index (χ1n) is 25.6. The van der Waals surface area contributed by atoms with E-state index in [1.54, 1.807) is 45.6 Å². The molecule has 0 aromatic heterocycles. The van der Waals surface area contributed by atoms with Crippen molar-refractivity contribution < 1.29 is 48.1 Å². The Morgan fingerprint density at radius 3 is 1.17 bits per heavy atom. The average Bonchev–Trinajstić information content (AvgIpc) is 3.94. The summed E-state index contributed by atoms with van der Waals surface area (Å²) in [4.78, 5) is 0. The van der Waals surface area contributed by atoms with Crippen LogP contribution in [-0.4, -0.2) is 5.43 Å². The molecule has 0 bridgehead atoms. The summed E-state index contributed by atoms with van der Waals surface area (Å²) in [5.41, 5.74) is 12.0. The van der Waals surface area contributed by atoms with Crippen molar-refractivity contribution in [3.8, 4) is 22.3 Å². The van der Waals surface area contributed by atoms with Gasteiger partial charge in [-0.1, -0.05) is 175 Å². The molecule has 4 aliphatic rings. The van der Waals surface area contributed by atoms with Crippen molar-refractivity contribution in [1.29, 1.82) is 0 Å². The molecule has 0 aliphatic heterocycles. The van der Waals surface area contributed by atoms with Crippen LogP contribution < -0.4 is 24.8 Å². The Kier molecular flexibility index (Phi) is 21.1. The summed E-state index contributed by atoms with van der Waals surface area (Å²) in [6.45, 7) is 4.66. The van der Waals surface area contributed by atoms with E-state index in [4.69, 9.17) is 0 Å². The molecule has 0 spiro atoms. The molecule has 0 saturated heterocycles. The van der Waals surface area contributed by atoms with Crippen molar-refractivity contribution in [1.82, 2.24) is 0 Å². The molecular weight excluding hydrogens is 911 g/mol. The van der Waals surface area contributed by atoms with Crippen molar-refractivity contribution in [3.63, 3.8) is 0 Å². The maximum atomic E-state index is 2.48. The molecule has 0 amide bonds. The molecule has 0 radical (unpaired) electrons. The van der Waals surface area contributed by atoms with Gasteiger partial charge >= 0.3 is 54.7 Å². The Morgan fingerprint density at radius 1 is 0.484 bits per heavy atom. The standard InChI is InChI=1S/2C28H33.C4H10Si.2ClH.Zr/c2*1-3-8-21(9-4-1)18-22-19-26-12-7-13-27(28(26)20-22)25-16-14-24(15-17-25)23-10-5-2-6-11-23;1-3-4-5-2;;;/h2*7,12-17,19-21,23H,1-6,8-11,18H2;3-4H2,1-2H3;2*1H;/q2*-1;;;;+2/p-2. The molecule has 0 heterocycles. The van der Waals surface area contributed by atoms with Gasteiger partial charge in [-0.05, 0) is 84.5 Å². The third-order valence-corrected chi connectivity index (χ3v) is 18.4. The van der Waals surface area contributed by atoms with Gasteiger partial charge in [-0.25, -0.2) is 0 Å². The summed E-state index contributed by atoms with van der Waals surface area (Å²) in [5.74, 6) is 3.40. The van der Waals surface area contributed by atoms with E-state index in [9.17, 15) is 0 Å². The van der Waals surface area contributed by atoms with Crippen molar-refractivity contribution in [2.75, 3.05) is 0 Å². The van der Waals surface area contributed by atoms with E-state index in [2.05, 4.69) is 123 Å². The molecule has 6 aromatic rings. The van der Waals surface area contributed by atoms with Crippen LogP contribution in [0.2, 0.25) is 12.6 Å². The first-order valence-corrected chi connectivity index (χ1v) is 31.5. The minimum Gasteiger partial charge on any atom is -1.00 e. The second kappa shape index (κ2) is 26.4. The molecular formula is C60H76Cl2SiZr-2. The van der Waals surface area contributed by atoms with Gasteiger partial charge in [0.2, 0.25) is 0 Å². The van der Waals surface area contributed by atoms with Gasteiger partial charge in [0.15, 0.2) is 0 Å². The topological polar surface area (TPSA) is 0 Å². The van der Waals surface area contributed by atoms with E-state index >= 15 is 0 Å². The summed E-state index contributed by atoms with van der Waals surface area (Å²) in [6.07, 6.45) is 32.3. The number of hydrogen-bond acceptors (Lipinski definition) is 0. The minimum atomic E-state index is 0. The zero-order valence-electron chi connectivity index (χ0n) is 39.4. The number of hydrogen-bond donors (Lipinski definition) is 0. The number of rotatable bonds is 10. The Bertz CT molecular complexity index is 2120. The van der Waals surface area contributed by atoms with Gasteiger partial charge in [0.25, 0.3) is 0 Å². The number of fused-ring (bicyclic) bond motifs is 2. The third-order valence-electron chi connectivity index (χ3n) is 15.3. The van der Waals surface area contributed by atoms with Gasteiger partial charge in [-0.15, -0.1) is 69.1 Å². The Balaban J connectivity index is 0.000000184. The second-order valence-corrected chi connectivity index (χ2v) is 28.6. The van der Waals surface area contributed by atoms with Crippen LogP contribution in [0.3, 0.4) is 0 Å². The van der Waals surface area contributed by atoms with Crippen molar-refractivity contribution in [2.45, 2.75) is 179 Å². The fraction of sp³-hybridized carbons (Fsp3) is 0.500. The predicted octanol–water partition coefficient (Wildman–Crippen LogP) is 12.4. The molecule has 4 aliphatic carbocycles. The van der Waals surface area contributed by atoms with Crippen LogP contribution in [0.25, 0.3) is 43.8 Å². The third kappa shape index (κ3) is 14.2. The summed E-state index contributed by atoms with van der Waals surface area (Å²) in [7, 11) is 0. The average molecular weight is 987 g/mol. The molecule has 340 valence electrons. The van der Waals surface area contributed by atoms with Crippen LogP contribution in [0.15, 0.2) is 109 Å². The van der Waals surface area contributed by atoms with Crippen LogP contribution in [0.5, 0.6) is 0 Å². The molecule has 4 heteroatoms. The number of halogens is 2. The van der Waals surface area contributed by atoms with Gasteiger partial charge in [0.05, 0.1) is 0 Å². The maximum Gasteiger partial charge on any atom is -0.0162 e. The van der Waals surface area contributed by atoms with E-state index in [1.807, 2.05) is 0 Å². The van der Waals surface area contributed by atoms with Crippen LogP contribution in [0, 0.1) is 11.8 Å². The monoisotopic (exact) mass is 984 g/mol. The van der Waals surface area contributed by atoms with Crippen molar-refractivity contribution in [2.24, 2.45) is 11.8 Å². The van der Waals surface area contributed by atoms with E-state index in [-0.39, 0.29) is 30.2 Å². The molecule has 6 aromatic carbocycles. The Hall–Kier alpha value is -2.22. The first kappa shape index (κ1) is 51.2. The van der Waals surface area contributed by atoms with E-state index in [0.717, 1.165) is 23.7 Å². The van der Waals surface area contributed by atoms with E-state index in [1.165, 1.54) is 198 Å². The van der Waals surface area contributed by atoms with Crippen LogP contribution >= 0.6 is 0 Å². The molecule has 0 atom stereocenters. The predicted molar refractivity (Wildman–Crippen MR) is 269 cm³/mol. The molecule has 64 heavy (non-hydrogen) atoms. The normalized spacial score (nSPS) is 17.7. The molecule has 0 unspecified atom stereocenters. The largest absolute Gasteiger partial charge is 1.00 e. The summed E-state index contributed by atoms with van der Waals surface area (Å²) in [5, 5.41) is 5.72. The molecule has 4 fully saturated rings. The number of benzene rings is 4. The van der Waals surface area contributed by atoms with Gasteiger partial charge in [-0.2, -0.15) is 12.1 Å². The molecule has 4 saturated carbocycles. The summed E-state index contributed by atoms with van der Waals surface area (Å²) >= 11 is 1.79. The van der Waals surface area contributed by atoms with Gasteiger partial charge in [-0.3, -0.25) is 0 Å². The zero-order chi connectivity index (χ0) is 42.5. The summed E-state index contributed by atoms with van der Waals surface area (Å²) in [6, 6.07) is 44.1. The minimum absolute atomic E-state index is 0. The second-order valence-electron chi connectivity index (χ2n) is 20.2. The van der Waals surface area contributed by atoms with E-state index in [0.29, 0.717) is 0 Å². The quantitative estimate of drug-likeness (QED) is 0.0948.